The van der Waals surface area contributed by atoms with E-state index in [1.807, 2.05) is 19.0 Å². The second-order valence-electron chi connectivity index (χ2n) is 7.61. The van der Waals surface area contributed by atoms with E-state index in [-0.39, 0.29) is 11.3 Å². The number of likely N-dealkylation sites (tertiary alicyclic amines) is 1. The number of Topliss-reactive ketones (excluding diaryl/α,β-unsaturated/α-hetero) is 1. The predicted octanol–water partition coefficient (Wildman–Crippen LogP) is 2.70. The fourth-order valence-corrected chi connectivity index (χ4v) is 3.77. The minimum absolute atomic E-state index is 0.00507. The van der Waals surface area contributed by atoms with Crippen LogP contribution < -0.4 is 14.2 Å². The summed E-state index contributed by atoms with van der Waals surface area (Å²) in [5.74, 6) is -0.315. The third kappa shape index (κ3) is 4.27. The average molecular weight is 440 g/mol. The van der Waals surface area contributed by atoms with Gasteiger partial charge in [0, 0.05) is 13.1 Å². The molecule has 1 fully saturated rings. The van der Waals surface area contributed by atoms with Gasteiger partial charge in [0.1, 0.15) is 11.5 Å². The smallest absolute Gasteiger partial charge is 0.295 e. The van der Waals surface area contributed by atoms with Crippen LogP contribution in [0.4, 0.5) is 0 Å². The molecule has 1 saturated heterocycles. The lowest BCUT2D eigenvalue weighted by Gasteiger charge is -2.27. The summed E-state index contributed by atoms with van der Waals surface area (Å²) in [5, 5.41) is 11.2. The number of carbonyl (C=O) groups excluding carboxylic acids is 2. The number of para-hydroxylation sites is 1. The Morgan fingerprint density at radius 2 is 1.62 bits per heavy atom. The zero-order valence-electron chi connectivity index (χ0n) is 18.9. The van der Waals surface area contributed by atoms with Gasteiger partial charge in [0.15, 0.2) is 11.5 Å². The van der Waals surface area contributed by atoms with Crippen LogP contribution in [0.25, 0.3) is 5.76 Å². The first-order valence-electron chi connectivity index (χ1n) is 10.1. The number of benzene rings is 2. The van der Waals surface area contributed by atoms with Crippen LogP contribution in [-0.4, -0.2) is 75.1 Å². The normalized spacial score (nSPS) is 17.7. The molecule has 1 atom stereocenters. The summed E-state index contributed by atoms with van der Waals surface area (Å²) in [5.41, 5.74) is 0.966. The number of aliphatic hydroxyl groups excluding tert-OH is 1. The lowest BCUT2D eigenvalue weighted by atomic mass is 9.94. The van der Waals surface area contributed by atoms with Crippen molar-refractivity contribution in [2.75, 3.05) is 48.5 Å². The fraction of sp³-hybridized carbons (Fsp3) is 0.333. The maximum atomic E-state index is 13.1. The highest BCUT2D eigenvalue weighted by atomic mass is 16.5. The molecule has 1 amide bonds. The van der Waals surface area contributed by atoms with Crippen LogP contribution in [-0.2, 0) is 9.59 Å². The van der Waals surface area contributed by atoms with E-state index in [9.17, 15) is 14.7 Å². The second kappa shape index (κ2) is 9.74. The van der Waals surface area contributed by atoms with E-state index in [1.165, 1.54) is 26.2 Å². The van der Waals surface area contributed by atoms with E-state index in [0.717, 1.165) is 0 Å². The van der Waals surface area contributed by atoms with Crippen molar-refractivity contribution in [1.82, 2.24) is 9.80 Å². The van der Waals surface area contributed by atoms with Gasteiger partial charge < -0.3 is 29.1 Å². The highest BCUT2D eigenvalue weighted by molar-refractivity contribution is 6.46. The number of hydrogen-bond acceptors (Lipinski definition) is 7. The Hall–Kier alpha value is -3.52. The molecule has 1 aliphatic rings. The third-order valence-electron chi connectivity index (χ3n) is 5.41. The summed E-state index contributed by atoms with van der Waals surface area (Å²) in [7, 11) is 8.29. The number of likely N-dealkylation sites (N-methyl/N-ethyl adjacent to an activating group) is 1. The van der Waals surface area contributed by atoms with Crippen LogP contribution in [0.3, 0.4) is 0 Å². The molecule has 170 valence electrons. The van der Waals surface area contributed by atoms with Crippen molar-refractivity contribution in [3.05, 3.63) is 59.2 Å². The van der Waals surface area contributed by atoms with E-state index in [0.29, 0.717) is 41.5 Å². The molecule has 0 bridgehead atoms. The summed E-state index contributed by atoms with van der Waals surface area (Å²) >= 11 is 0. The lowest BCUT2D eigenvalue weighted by molar-refractivity contribution is -0.140. The summed E-state index contributed by atoms with van der Waals surface area (Å²) in [6, 6.07) is 11.2. The Morgan fingerprint density at radius 1 is 0.969 bits per heavy atom. The van der Waals surface area contributed by atoms with Gasteiger partial charge in [-0.15, -0.1) is 0 Å². The van der Waals surface area contributed by atoms with Gasteiger partial charge >= 0.3 is 0 Å². The topological polar surface area (TPSA) is 88.5 Å². The number of aliphatic hydroxyl groups is 1. The molecule has 1 aliphatic heterocycles. The Bertz CT molecular complexity index is 1050. The Morgan fingerprint density at radius 3 is 2.25 bits per heavy atom. The van der Waals surface area contributed by atoms with Gasteiger partial charge in [0.05, 0.1) is 38.5 Å². The van der Waals surface area contributed by atoms with Crippen LogP contribution >= 0.6 is 0 Å². The number of carbonyl (C=O) groups is 2. The van der Waals surface area contributed by atoms with Crippen molar-refractivity contribution in [1.29, 1.82) is 0 Å². The molecule has 1 heterocycles. The summed E-state index contributed by atoms with van der Waals surface area (Å²) in [4.78, 5) is 29.5. The largest absolute Gasteiger partial charge is 0.507 e. The molecular weight excluding hydrogens is 412 g/mol. The first-order valence-corrected chi connectivity index (χ1v) is 10.1. The SMILES string of the molecule is COc1ccc(C2/C(=C(/O)c3ccccc3OC)C(=O)C(=O)N2CCN(C)C)cc1OC. The van der Waals surface area contributed by atoms with Crippen molar-refractivity contribution in [2.24, 2.45) is 0 Å². The van der Waals surface area contributed by atoms with E-state index >= 15 is 0 Å². The maximum absolute atomic E-state index is 13.1. The third-order valence-corrected chi connectivity index (χ3v) is 5.41. The summed E-state index contributed by atoms with van der Waals surface area (Å²) in [6.07, 6.45) is 0. The zero-order chi connectivity index (χ0) is 23.4. The molecule has 1 unspecified atom stereocenters. The second-order valence-corrected chi connectivity index (χ2v) is 7.61. The van der Waals surface area contributed by atoms with Gasteiger partial charge in [-0.3, -0.25) is 9.59 Å². The van der Waals surface area contributed by atoms with Gasteiger partial charge in [-0.05, 0) is 43.9 Å². The molecule has 3 rings (SSSR count). The fourth-order valence-electron chi connectivity index (χ4n) is 3.77. The lowest BCUT2D eigenvalue weighted by Crippen LogP contribution is -2.35. The molecule has 1 N–H and O–H groups in total. The molecule has 2 aromatic carbocycles. The Labute approximate surface area is 187 Å². The average Bonchev–Trinajstić information content (AvgIpc) is 3.06. The molecule has 0 aromatic heterocycles. The molecular formula is C24H28N2O6. The minimum Gasteiger partial charge on any atom is -0.507 e. The van der Waals surface area contributed by atoms with Crippen molar-refractivity contribution in [2.45, 2.75) is 6.04 Å². The minimum atomic E-state index is -0.792. The number of amides is 1. The molecule has 0 radical (unpaired) electrons. The van der Waals surface area contributed by atoms with E-state index in [4.69, 9.17) is 14.2 Å². The predicted molar refractivity (Wildman–Crippen MR) is 120 cm³/mol. The van der Waals surface area contributed by atoms with Crippen molar-refractivity contribution >= 4 is 17.4 Å². The van der Waals surface area contributed by atoms with Gasteiger partial charge in [0.2, 0.25) is 0 Å². The summed E-state index contributed by atoms with van der Waals surface area (Å²) < 4.78 is 16.1. The highest BCUT2D eigenvalue weighted by Crippen LogP contribution is 2.42. The number of hydrogen-bond donors (Lipinski definition) is 1. The van der Waals surface area contributed by atoms with Crippen molar-refractivity contribution in [3.8, 4) is 17.2 Å². The first kappa shape index (κ1) is 23.1. The molecule has 8 heteroatoms. The quantitative estimate of drug-likeness (QED) is 0.384. The molecule has 2 aromatic rings. The van der Waals surface area contributed by atoms with Crippen molar-refractivity contribution in [3.63, 3.8) is 0 Å². The van der Waals surface area contributed by atoms with Crippen molar-refractivity contribution < 1.29 is 28.9 Å². The van der Waals surface area contributed by atoms with Crippen LogP contribution in [0.15, 0.2) is 48.0 Å². The standard InChI is InChI=1S/C24H28N2O6/c1-25(2)12-13-26-21(15-10-11-18(31-4)19(14-15)32-5)20(23(28)24(26)29)22(27)16-8-6-7-9-17(16)30-3/h6-11,14,21,27H,12-13H2,1-5H3/b22-20-. The molecule has 0 spiro atoms. The molecule has 8 nitrogen and oxygen atoms in total. The number of ketones is 1. The number of ether oxygens (including phenoxy) is 3. The summed E-state index contributed by atoms with van der Waals surface area (Å²) in [6.45, 7) is 0.852. The number of nitrogens with zero attached hydrogens (tertiary/aromatic N) is 2. The molecule has 32 heavy (non-hydrogen) atoms. The highest BCUT2D eigenvalue weighted by Gasteiger charge is 2.46. The van der Waals surface area contributed by atoms with Crippen LogP contribution in [0.2, 0.25) is 0 Å². The zero-order valence-corrected chi connectivity index (χ0v) is 18.9. The van der Waals surface area contributed by atoms with Gasteiger partial charge in [-0.2, -0.15) is 0 Å². The Balaban J connectivity index is 2.22. The molecule has 0 aliphatic carbocycles. The van der Waals surface area contributed by atoms with Gasteiger partial charge in [-0.25, -0.2) is 0 Å². The Kier molecular flexibility index (Phi) is 7.05. The maximum Gasteiger partial charge on any atom is 0.295 e. The van der Waals surface area contributed by atoms with Crippen LogP contribution in [0.1, 0.15) is 17.2 Å². The van der Waals surface area contributed by atoms with E-state index in [1.54, 1.807) is 42.5 Å². The van der Waals surface area contributed by atoms with Crippen LogP contribution in [0.5, 0.6) is 17.2 Å². The van der Waals surface area contributed by atoms with E-state index in [2.05, 4.69) is 0 Å². The number of rotatable bonds is 8. The van der Waals surface area contributed by atoms with Gasteiger partial charge in [-0.1, -0.05) is 18.2 Å². The van der Waals surface area contributed by atoms with E-state index < -0.39 is 17.7 Å². The van der Waals surface area contributed by atoms with Gasteiger partial charge in [0.25, 0.3) is 11.7 Å². The monoisotopic (exact) mass is 440 g/mol. The number of methoxy groups -OCH3 is 3. The molecule has 0 saturated carbocycles. The van der Waals surface area contributed by atoms with Crippen LogP contribution in [0, 0.1) is 0 Å². The first-order chi connectivity index (χ1) is 15.3.